The van der Waals surface area contributed by atoms with Crippen LogP contribution in [0.15, 0.2) is 71.9 Å². The summed E-state index contributed by atoms with van der Waals surface area (Å²) in [6, 6.07) is 2.45. The number of carbonyl (C=O) groups excluding carboxylic acids is 2. The minimum atomic E-state index is -0.583. The van der Waals surface area contributed by atoms with Gasteiger partial charge in [-0.05, 0) is 77.0 Å². The zero-order valence-corrected chi connectivity index (χ0v) is 24.0. The molecule has 5 heteroatoms. The van der Waals surface area contributed by atoms with E-state index in [0.29, 0.717) is 13.0 Å². The Morgan fingerprint density at radius 1 is 0.821 bits per heavy atom. The molecule has 0 radical (unpaired) electrons. The highest BCUT2D eigenvalue weighted by Gasteiger charge is 2.34. The predicted molar refractivity (Wildman–Crippen MR) is 160 cm³/mol. The van der Waals surface area contributed by atoms with E-state index >= 15 is 0 Å². The van der Waals surface area contributed by atoms with Crippen LogP contribution in [0.4, 0.5) is 0 Å². The van der Waals surface area contributed by atoms with Crippen LogP contribution < -0.4 is 0 Å². The van der Waals surface area contributed by atoms with E-state index in [-0.39, 0.29) is 28.2 Å². The van der Waals surface area contributed by atoms with Gasteiger partial charge in [-0.25, -0.2) is 0 Å². The summed E-state index contributed by atoms with van der Waals surface area (Å²) in [4.78, 5) is 25.9. The number of hydrogen-bond donors (Lipinski definition) is 2. The van der Waals surface area contributed by atoms with Crippen molar-refractivity contribution in [1.29, 1.82) is 0 Å². The Kier molecular flexibility index (Phi) is 14.9. The van der Waals surface area contributed by atoms with E-state index in [2.05, 4.69) is 43.4 Å². The first kappa shape index (κ1) is 32.0. The van der Waals surface area contributed by atoms with Crippen molar-refractivity contribution >= 4 is 11.6 Å². The van der Waals surface area contributed by atoms with Crippen molar-refractivity contribution in [2.24, 2.45) is 0 Å². The molecule has 0 bridgehead atoms. The highest BCUT2D eigenvalue weighted by atomic mass is 16.5. The van der Waals surface area contributed by atoms with E-state index < -0.39 is 17.7 Å². The van der Waals surface area contributed by atoms with Gasteiger partial charge in [-0.1, -0.05) is 80.7 Å². The lowest BCUT2D eigenvalue weighted by atomic mass is 9.85. The number of phenols is 2. The molecule has 1 aromatic rings. The summed E-state index contributed by atoms with van der Waals surface area (Å²) >= 11 is 0. The Balaban J connectivity index is 1.73. The van der Waals surface area contributed by atoms with Gasteiger partial charge >= 0.3 is 0 Å². The quantitative estimate of drug-likeness (QED) is 0.112. The SMILES string of the molecule is CCC=CCC=CCC=CCCCCCCCCOC(CC=C(C)C)C1=CC(=O)c2c(O)ccc(O)c2C1=O. The van der Waals surface area contributed by atoms with Crippen molar-refractivity contribution in [2.75, 3.05) is 6.61 Å². The third kappa shape index (κ3) is 11.2. The number of Topliss-reactive ketones (excluding diaryl/α,β-unsaturated/α-hetero) is 1. The summed E-state index contributed by atoms with van der Waals surface area (Å²) in [6.45, 7) is 6.58. The van der Waals surface area contributed by atoms with E-state index in [1.165, 1.54) is 37.5 Å². The van der Waals surface area contributed by atoms with Gasteiger partial charge < -0.3 is 14.9 Å². The van der Waals surface area contributed by atoms with Crippen LogP contribution in [0.2, 0.25) is 0 Å². The standard InChI is InChI=1S/C34H46O5/c1-4-5-6-7-8-9-10-11-12-13-14-15-16-17-18-19-24-39-31(23-20-26(2)3)27-25-30(37)32-28(35)21-22-29(36)33(32)34(27)38/h5-6,8-9,11-12,20-22,25,31,35-36H,4,7,10,13-19,23-24H2,1-3H3. The number of carbonyl (C=O) groups is 2. The van der Waals surface area contributed by atoms with Gasteiger partial charge in [0.25, 0.3) is 0 Å². The van der Waals surface area contributed by atoms with Crippen molar-refractivity contribution < 1.29 is 24.5 Å². The minimum Gasteiger partial charge on any atom is -0.507 e. The van der Waals surface area contributed by atoms with Gasteiger partial charge in [-0.2, -0.15) is 0 Å². The van der Waals surface area contributed by atoms with Gasteiger partial charge in [0, 0.05) is 12.2 Å². The maximum atomic E-state index is 13.2. The third-order valence-corrected chi connectivity index (χ3v) is 6.63. The predicted octanol–water partition coefficient (Wildman–Crippen LogP) is 8.73. The van der Waals surface area contributed by atoms with Crippen LogP contribution in [0.1, 0.15) is 112 Å². The first-order valence-corrected chi connectivity index (χ1v) is 14.4. The number of ketones is 2. The highest BCUT2D eigenvalue weighted by molar-refractivity contribution is 6.27. The number of phenolic OH excluding ortho intramolecular Hbond substituents is 2. The number of allylic oxidation sites excluding steroid dienone is 8. The molecule has 1 atom stereocenters. The normalized spacial score (nSPS) is 14.4. The number of benzene rings is 1. The Labute approximate surface area is 234 Å². The maximum absolute atomic E-state index is 13.2. The molecule has 0 aliphatic heterocycles. The summed E-state index contributed by atoms with van der Waals surface area (Å²) in [5.41, 5.74) is 1.02. The van der Waals surface area contributed by atoms with Crippen LogP contribution in [0.25, 0.3) is 0 Å². The number of fused-ring (bicyclic) bond motifs is 1. The Bertz CT molecular complexity index is 1080. The van der Waals surface area contributed by atoms with E-state index in [1.54, 1.807) is 0 Å². The van der Waals surface area contributed by atoms with E-state index in [4.69, 9.17) is 4.74 Å². The molecule has 1 aliphatic rings. The largest absolute Gasteiger partial charge is 0.507 e. The first-order valence-electron chi connectivity index (χ1n) is 14.4. The van der Waals surface area contributed by atoms with Crippen LogP contribution in [-0.4, -0.2) is 34.5 Å². The highest BCUT2D eigenvalue weighted by Crippen LogP contribution is 2.36. The molecule has 1 aromatic carbocycles. The van der Waals surface area contributed by atoms with Crippen molar-refractivity contribution in [2.45, 2.75) is 97.5 Å². The summed E-state index contributed by atoms with van der Waals surface area (Å²) in [5, 5.41) is 20.3. The molecule has 0 saturated carbocycles. The molecule has 212 valence electrons. The summed E-state index contributed by atoms with van der Waals surface area (Å²) in [5.74, 6) is -1.59. The smallest absolute Gasteiger partial charge is 0.196 e. The molecule has 5 nitrogen and oxygen atoms in total. The monoisotopic (exact) mass is 534 g/mol. The van der Waals surface area contributed by atoms with Crippen molar-refractivity contribution in [3.05, 3.63) is 83.0 Å². The van der Waals surface area contributed by atoms with E-state index in [9.17, 15) is 19.8 Å². The maximum Gasteiger partial charge on any atom is 0.196 e. The molecule has 0 fully saturated rings. The lowest BCUT2D eigenvalue weighted by molar-refractivity contribution is 0.0670. The molecule has 1 aliphatic carbocycles. The second kappa shape index (κ2) is 18.2. The molecule has 0 aromatic heterocycles. The lowest BCUT2D eigenvalue weighted by Gasteiger charge is -2.24. The lowest BCUT2D eigenvalue weighted by Crippen LogP contribution is -2.27. The number of hydrogen-bond acceptors (Lipinski definition) is 5. The van der Waals surface area contributed by atoms with Crippen LogP contribution in [0, 0.1) is 0 Å². The van der Waals surface area contributed by atoms with E-state index in [0.717, 1.165) is 50.5 Å². The Hall–Kier alpha value is -3.18. The molecule has 0 saturated heterocycles. The summed E-state index contributed by atoms with van der Waals surface area (Å²) in [7, 11) is 0. The van der Waals surface area contributed by atoms with Gasteiger partial charge in [0.1, 0.15) is 11.5 Å². The molecule has 2 N–H and O–H groups in total. The fourth-order valence-electron chi connectivity index (χ4n) is 4.47. The van der Waals surface area contributed by atoms with Gasteiger partial charge in [-0.15, -0.1) is 0 Å². The summed E-state index contributed by atoms with van der Waals surface area (Å²) < 4.78 is 6.11. The number of rotatable bonds is 18. The molecular weight excluding hydrogens is 488 g/mol. The second-order valence-corrected chi connectivity index (χ2v) is 10.2. The van der Waals surface area contributed by atoms with Gasteiger partial charge in [0.15, 0.2) is 11.6 Å². The molecule has 0 heterocycles. The van der Waals surface area contributed by atoms with Crippen LogP contribution in [-0.2, 0) is 4.74 Å². The average Bonchev–Trinajstić information content (AvgIpc) is 2.91. The zero-order valence-electron chi connectivity index (χ0n) is 24.0. The van der Waals surface area contributed by atoms with Gasteiger partial charge in [0.05, 0.1) is 17.2 Å². The van der Waals surface area contributed by atoms with Crippen LogP contribution in [0.3, 0.4) is 0 Å². The molecule has 2 rings (SSSR count). The molecule has 1 unspecified atom stereocenters. The topological polar surface area (TPSA) is 83.8 Å². The van der Waals surface area contributed by atoms with Gasteiger partial charge in [0.2, 0.25) is 0 Å². The molecule has 39 heavy (non-hydrogen) atoms. The molecule has 0 amide bonds. The van der Waals surface area contributed by atoms with Crippen molar-refractivity contribution in [3.8, 4) is 11.5 Å². The Morgan fingerprint density at radius 3 is 2.08 bits per heavy atom. The van der Waals surface area contributed by atoms with Crippen molar-refractivity contribution in [3.63, 3.8) is 0 Å². The fourth-order valence-corrected chi connectivity index (χ4v) is 4.47. The first-order chi connectivity index (χ1) is 18.9. The number of aromatic hydroxyl groups is 2. The number of unbranched alkanes of at least 4 members (excludes halogenated alkanes) is 6. The average molecular weight is 535 g/mol. The second-order valence-electron chi connectivity index (χ2n) is 10.2. The molecular formula is C34H46O5. The third-order valence-electron chi connectivity index (χ3n) is 6.63. The zero-order chi connectivity index (χ0) is 28.5. The Morgan fingerprint density at radius 2 is 1.41 bits per heavy atom. The van der Waals surface area contributed by atoms with Gasteiger partial charge in [-0.3, -0.25) is 9.59 Å². The van der Waals surface area contributed by atoms with Crippen LogP contribution in [0.5, 0.6) is 11.5 Å². The summed E-state index contributed by atoms with van der Waals surface area (Å²) in [6.07, 6.45) is 27.4. The van der Waals surface area contributed by atoms with E-state index in [1.807, 2.05) is 19.9 Å². The number of ether oxygens (including phenoxy) is 1. The van der Waals surface area contributed by atoms with Crippen LogP contribution >= 0.6 is 0 Å². The minimum absolute atomic E-state index is 0.144. The molecule has 0 spiro atoms. The van der Waals surface area contributed by atoms with Crippen molar-refractivity contribution in [1.82, 2.24) is 0 Å². The fraction of sp³-hybridized carbons (Fsp3) is 0.471.